The van der Waals surface area contributed by atoms with Crippen LogP contribution in [0.25, 0.3) is 0 Å². The van der Waals surface area contributed by atoms with Crippen LogP contribution in [0.2, 0.25) is 0 Å². The van der Waals surface area contributed by atoms with Crippen molar-refractivity contribution in [1.82, 2.24) is 10.2 Å². The predicted octanol–water partition coefficient (Wildman–Crippen LogP) is 2.27. The molecule has 0 aromatic heterocycles. The summed E-state index contributed by atoms with van der Waals surface area (Å²) in [6.07, 6.45) is 6.73. The second kappa shape index (κ2) is 6.36. The van der Waals surface area contributed by atoms with E-state index in [2.05, 4.69) is 24.1 Å². The lowest BCUT2D eigenvalue weighted by Crippen LogP contribution is -2.64. The van der Waals surface area contributed by atoms with Gasteiger partial charge in [-0.3, -0.25) is 4.90 Å². The van der Waals surface area contributed by atoms with Crippen LogP contribution in [-0.2, 0) is 4.74 Å². The van der Waals surface area contributed by atoms with Gasteiger partial charge in [-0.15, -0.1) is 0 Å². The predicted molar refractivity (Wildman–Crippen MR) is 75.9 cm³/mol. The maximum atomic E-state index is 5.20. The molecule has 1 heterocycles. The van der Waals surface area contributed by atoms with Crippen molar-refractivity contribution in [3.8, 4) is 0 Å². The molecule has 0 radical (unpaired) electrons. The van der Waals surface area contributed by atoms with E-state index >= 15 is 0 Å². The first-order valence-electron chi connectivity index (χ1n) is 7.65. The number of piperazine rings is 1. The second-order valence-corrected chi connectivity index (χ2v) is 6.50. The van der Waals surface area contributed by atoms with E-state index in [-0.39, 0.29) is 0 Å². The van der Waals surface area contributed by atoms with Crippen molar-refractivity contribution in [2.75, 3.05) is 33.4 Å². The molecule has 3 heteroatoms. The number of hydrogen-bond donors (Lipinski definition) is 1. The topological polar surface area (TPSA) is 24.5 Å². The standard InChI is InChI=1S/C15H30N2O/c1-13(2)14-11-16-15(7-4-5-8-15)12-17(14)9-6-10-18-3/h13-14,16H,4-12H2,1-3H3. The molecule has 0 aromatic rings. The van der Waals surface area contributed by atoms with Crippen LogP contribution in [0.3, 0.4) is 0 Å². The molecule has 2 aliphatic rings. The highest BCUT2D eigenvalue weighted by Crippen LogP contribution is 2.34. The van der Waals surface area contributed by atoms with E-state index in [1.165, 1.54) is 45.3 Å². The Bertz CT molecular complexity index is 249. The molecular weight excluding hydrogens is 224 g/mol. The Balaban J connectivity index is 1.94. The molecular formula is C15H30N2O. The SMILES string of the molecule is COCCCN1CC2(CCCC2)NCC1C(C)C. The van der Waals surface area contributed by atoms with E-state index in [0.29, 0.717) is 11.6 Å². The number of hydrogen-bond acceptors (Lipinski definition) is 3. The summed E-state index contributed by atoms with van der Waals surface area (Å²) in [5.74, 6) is 0.735. The molecule has 1 N–H and O–H groups in total. The number of nitrogens with zero attached hydrogens (tertiary/aromatic N) is 1. The zero-order valence-corrected chi connectivity index (χ0v) is 12.4. The third kappa shape index (κ3) is 3.25. The summed E-state index contributed by atoms with van der Waals surface area (Å²) >= 11 is 0. The first-order chi connectivity index (χ1) is 8.67. The maximum Gasteiger partial charge on any atom is 0.0474 e. The third-order valence-electron chi connectivity index (χ3n) is 4.78. The largest absolute Gasteiger partial charge is 0.385 e. The molecule has 2 fully saturated rings. The summed E-state index contributed by atoms with van der Waals surface area (Å²) in [6, 6.07) is 0.702. The lowest BCUT2D eigenvalue weighted by molar-refractivity contribution is 0.0493. The minimum atomic E-state index is 0.443. The van der Waals surface area contributed by atoms with Crippen molar-refractivity contribution < 1.29 is 4.74 Å². The second-order valence-electron chi connectivity index (χ2n) is 6.50. The normalized spacial score (nSPS) is 28.3. The Hall–Kier alpha value is -0.120. The number of ether oxygens (including phenoxy) is 1. The molecule has 0 bridgehead atoms. The van der Waals surface area contributed by atoms with Crippen LogP contribution in [0.5, 0.6) is 0 Å². The zero-order chi connectivity index (χ0) is 13.0. The van der Waals surface area contributed by atoms with Gasteiger partial charge in [-0.25, -0.2) is 0 Å². The first-order valence-corrected chi connectivity index (χ1v) is 7.65. The third-order valence-corrected chi connectivity index (χ3v) is 4.78. The Labute approximate surface area is 112 Å². The lowest BCUT2D eigenvalue weighted by atomic mass is 9.89. The van der Waals surface area contributed by atoms with Crippen molar-refractivity contribution in [2.24, 2.45) is 5.92 Å². The fourth-order valence-corrected chi connectivity index (χ4v) is 3.71. The van der Waals surface area contributed by atoms with Crippen molar-refractivity contribution in [1.29, 1.82) is 0 Å². The van der Waals surface area contributed by atoms with Crippen molar-refractivity contribution in [2.45, 2.75) is 57.5 Å². The highest BCUT2D eigenvalue weighted by molar-refractivity contribution is 5.01. The lowest BCUT2D eigenvalue weighted by Gasteiger charge is -2.48. The van der Waals surface area contributed by atoms with Gasteiger partial charge in [-0.2, -0.15) is 0 Å². The molecule has 0 aromatic carbocycles. The van der Waals surface area contributed by atoms with Gasteiger partial charge in [0.15, 0.2) is 0 Å². The summed E-state index contributed by atoms with van der Waals surface area (Å²) in [5, 5.41) is 3.87. The molecule has 3 nitrogen and oxygen atoms in total. The molecule has 18 heavy (non-hydrogen) atoms. The Morgan fingerprint density at radius 2 is 2.06 bits per heavy atom. The van der Waals surface area contributed by atoms with Crippen LogP contribution < -0.4 is 5.32 Å². The molecule has 1 atom stereocenters. The van der Waals surface area contributed by atoms with E-state index in [1.54, 1.807) is 7.11 Å². The highest BCUT2D eigenvalue weighted by Gasteiger charge is 2.41. The van der Waals surface area contributed by atoms with Gasteiger partial charge in [0, 0.05) is 44.9 Å². The van der Waals surface area contributed by atoms with Crippen molar-refractivity contribution in [3.05, 3.63) is 0 Å². The van der Waals surface area contributed by atoms with Gasteiger partial charge in [0.25, 0.3) is 0 Å². The quantitative estimate of drug-likeness (QED) is 0.762. The molecule has 1 spiro atoms. The van der Waals surface area contributed by atoms with E-state index in [9.17, 15) is 0 Å². The zero-order valence-electron chi connectivity index (χ0n) is 12.4. The van der Waals surface area contributed by atoms with E-state index in [0.717, 1.165) is 18.9 Å². The summed E-state index contributed by atoms with van der Waals surface area (Å²) in [7, 11) is 1.80. The maximum absolute atomic E-state index is 5.20. The Morgan fingerprint density at radius 3 is 2.67 bits per heavy atom. The van der Waals surface area contributed by atoms with Crippen molar-refractivity contribution >= 4 is 0 Å². The van der Waals surface area contributed by atoms with Gasteiger partial charge in [0.05, 0.1) is 0 Å². The van der Waals surface area contributed by atoms with E-state index in [1.807, 2.05) is 0 Å². The smallest absolute Gasteiger partial charge is 0.0474 e. The van der Waals surface area contributed by atoms with Crippen molar-refractivity contribution in [3.63, 3.8) is 0 Å². The minimum absolute atomic E-state index is 0.443. The fraction of sp³-hybridized carbons (Fsp3) is 1.00. The average Bonchev–Trinajstić information content (AvgIpc) is 2.77. The van der Waals surface area contributed by atoms with E-state index in [4.69, 9.17) is 4.74 Å². The van der Waals surface area contributed by atoms with Gasteiger partial charge in [-0.05, 0) is 25.2 Å². The minimum Gasteiger partial charge on any atom is -0.385 e. The van der Waals surface area contributed by atoms with Gasteiger partial charge in [-0.1, -0.05) is 26.7 Å². The monoisotopic (exact) mass is 254 g/mol. The molecule has 0 amide bonds. The highest BCUT2D eigenvalue weighted by atomic mass is 16.5. The molecule has 1 aliphatic heterocycles. The summed E-state index contributed by atoms with van der Waals surface area (Å²) in [4.78, 5) is 2.73. The van der Waals surface area contributed by atoms with Gasteiger partial charge < -0.3 is 10.1 Å². The van der Waals surface area contributed by atoms with Gasteiger partial charge >= 0.3 is 0 Å². The van der Waals surface area contributed by atoms with Crippen LogP contribution in [0, 0.1) is 5.92 Å². The summed E-state index contributed by atoms with van der Waals surface area (Å²) in [5.41, 5.74) is 0.443. The summed E-state index contributed by atoms with van der Waals surface area (Å²) in [6.45, 7) is 9.21. The Kier molecular flexibility index (Phi) is 5.05. The molecule has 1 unspecified atom stereocenters. The van der Waals surface area contributed by atoms with Crippen LogP contribution in [0.4, 0.5) is 0 Å². The van der Waals surface area contributed by atoms with Crippen LogP contribution in [0.15, 0.2) is 0 Å². The van der Waals surface area contributed by atoms with Gasteiger partial charge in [0.1, 0.15) is 0 Å². The van der Waals surface area contributed by atoms with Crippen LogP contribution >= 0.6 is 0 Å². The molecule has 1 aliphatic carbocycles. The average molecular weight is 254 g/mol. The van der Waals surface area contributed by atoms with E-state index < -0.39 is 0 Å². The number of methoxy groups -OCH3 is 1. The fourth-order valence-electron chi connectivity index (χ4n) is 3.71. The molecule has 1 saturated heterocycles. The number of nitrogens with one attached hydrogen (secondary N) is 1. The van der Waals surface area contributed by atoms with Gasteiger partial charge in [0.2, 0.25) is 0 Å². The summed E-state index contributed by atoms with van der Waals surface area (Å²) < 4.78 is 5.20. The van der Waals surface area contributed by atoms with Crippen LogP contribution in [0.1, 0.15) is 46.0 Å². The Morgan fingerprint density at radius 1 is 1.33 bits per heavy atom. The molecule has 2 rings (SSSR count). The molecule has 1 saturated carbocycles. The van der Waals surface area contributed by atoms with Crippen LogP contribution in [-0.4, -0.2) is 49.8 Å². The first kappa shape index (κ1) is 14.3. The molecule has 106 valence electrons. The number of rotatable bonds is 5.